The van der Waals surface area contributed by atoms with Crippen LogP contribution in [0.5, 0.6) is 5.75 Å². The van der Waals surface area contributed by atoms with Crippen LogP contribution < -0.4 is 10.1 Å². The first kappa shape index (κ1) is 20.4. The van der Waals surface area contributed by atoms with E-state index in [-0.39, 0.29) is 23.0 Å². The van der Waals surface area contributed by atoms with Gasteiger partial charge >= 0.3 is 0 Å². The number of imidazole rings is 1. The number of H-pyrrole nitrogens is 1. The van der Waals surface area contributed by atoms with Gasteiger partial charge in [-0.05, 0) is 24.6 Å². The highest BCUT2D eigenvalue weighted by atomic mass is 32.2. The van der Waals surface area contributed by atoms with E-state index in [9.17, 15) is 14.9 Å². The molecule has 0 aliphatic heterocycles. The molecule has 1 heterocycles. The molecule has 1 aromatic heterocycles. The van der Waals surface area contributed by atoms with Gasteiger partial charge in [-0.15, -0.1) is 0 Å². The average Bonchev–Trinajstić information content (AvgIpc) is 3.06. The Morgan fingerprint density at radius 3 is 2.72 bits per heavy atom. The fourth-order valence-corrected chi connectivity index (χ4v) is 3.45. The Labute approximate surface area is 171 Å². The van der Waals surface area contributed by atoms with Gasteiger partial charge in [-0.1, -0.05) is 42.1 Å². The van der Waals surface area contributed by atoms with E-state index in [4.69, 9.17) is 4.74 Å². The zero-order valence-electron chi connectivity index (χ0n) is 16.0. The quantitative estimate of drug-likeness (QED) is 0.329. The fourth-order valence-electron chi connectivity index (χ4n) is 2.71. The lowest BCUT2D eigenvalue weighted by Gasteiger charge is -2.07. The maximum atomic E-state index is 12.3. The Hall–Kier alpha value is -3.33. The van der Waals surface area contributed by atoms with E-state index in [2.05, 4.69) is 15.3 Å². The number of nitrogens with zero attached hydrogens (tertiary/aromatic N) is 2. The number of anilines is 1. The number of amides is 1. The first-order chi connectivity index (χ1) is 14.0. The number of nitro benzene ring substituents is 1. The zero-order chi connectivity index (χ0) is 20.8. The minimum absolute atomic E-state index is 0.0704. The second-order valence-corrected chi connectivity index (χ2v) is 7.22. The Morgan fingerprint density at radius 1 is 1.28 bits per heavy atom. The molecular weight excluding hydrogens is 392 g/mol. The first-order valence-corrected chi connectivity index (χ1v) is 9.79. The number of aromatic nitrogens is 2. The molecule has 0 saturated carbocycles. The summed E-state index contributed by atoms with van der Waals surface area (Å²) in [4.78, 5) is 30.7. The van der Waals surface area contributed by atoms with Crippen LogP contribution in [0.2, 0.25) is 0 Å². The van der Waals surface area contributed by atoms with Crippen molar-refractivity contribution in [2.75, 3.05) is 18.2 Å². The Morgan fingerprint density at radius 2 is 2.03 bits per heavy atom. The van der Waals surface area contributed by atoms with E-state index >= 15 is 0 Å². The average molecular weight is 412 g/mol. The van der Waals surface area contributed by atoms with Crippen LogP contribution >= 0.6 is 11.8 Å². The molecule has 2 N–H and O–H groups in total. The van der Waals surface area contributed by atoms with Gasteiger partial charge in [0.1, 0.15) is 11.4 Å². The molecule has 0 aliphatic rings. The molecule has 0 unspecified atom stereocenters. The number of thioether (sulfide) groups is 1. The van der Waals surface area contributed by atoms with Crippen LogP contribution in [0, 0.1) is 17.0 Å². The summed E-state index contributed by atoms with van der Waals surface area (Å²) in [6, 6.07) is 14.3. The highest BCUT2D eigenvalue weighted by Gasteiger charge is 2.18. The molecule has 0 radical (unpaired) electrons. The molecule has 1 amide bonds. The van der Waals surface area contributed by atoms with E-state index < -0.39 is 4.92 Å². The number of hydrogen-bond donors (Lipinski definition) is 2. The maximum absolute atomic E-state index is 12.3. The van der Waals surface area contributed by atoms with Crippen molar-refractivity contribution in [2.45, 2.75) is 18.5 Å². The zero-order valence-corrected chi connectivity index (χ0v) is 16.8. The molecule has 29 heavy (non-hydrogen) atoms. The summed E-state index contributed by atoms with van der Waals surface area (Å²) in [5.41, 5.74) is 2.93. The molecular formula is C20H20N4O4S. The summed E-state index contributed by atoms with van der Waals surface area (Å²) >= 11 is 1.24. The van der Waals surface area contributed by atoms with Crippen LogP contribution in [-0.2, 0) is 11.2 Å². The van der Waals surface area contributed by atoms with Crippen LogP contribution in [0.25, 0.3) is 0 Å². The molecule has 3 rings (SSSR count). The molecule has 0 saturated heterocycles. The van der Waals surface area contributed by atoms with Gasteiger partial charge in [0, 0.05) is 12.1 Å². The maximum Gasteiger partial charge on any atom is 0.296 e. The minimum Gasteiger partial charge on any atom is -0.496 e. The summed E-state index contributed by atoms with van der Waals surface area (Å²) in [5.74, 6) is 0.0592. The van der Waals surface area contributed by atoms with E-state index in [0.29, 0.717) is 17.3 Å². The van der Waals surface area contributed by atoms with Crippen molar-refractivity contribution in [3.8, 4) is 5.75 Å². The molecule has 0 atom stereocenters. The van der Waals surface area contributed by atoms with Gasteiger partial charge in [0.05, 0.1) is 29.5 Å². The van der Waals surface area contributed by atoms with Crippen LogP contribution in [0.4, 0.5) is 11.4 Å². The van der Waals surface area contributed by atoms with E-state index in [1.807, 2.05) is 37.3 Å². The van der Waals surface area contributed by atoms with Crippen molar-refractivity contribution in [1.82, 2.24) is 9.97 Å². The van der Waals surface area contributed by atoms with Gasteiger partial charge in [-0.25, -0.2) is 4.98 Å². The molecule has 9 heteroatoms. The number of nitro groups is 1. The molecule has 0 fully saturated rings. The molecule has 3 aromatic rings. The van der Waals surface area contributed by atoms with Crippen LogP contribution in [-0.4, -0.2) is 33.7 Å². The van der Waals surface area contributed by atoms with Crippen molar-refractivity contribution in [3.63, 3.8) is 0 Å². The number of aromatic amines is 1. The van der Waals surface area contributed by atoms with Gasteiger partial charge in [-0.3, -0.25) is 14.9 Å². The Bertz CT molecular complexity index is 1020. The van der Waals surface area contributed by atoms with E-state index in [1.165, 1.54) is 31.0 Å². The molecule has 2 aromatic carbocycles. The summed E-state index contributed by atoms with van der Waals surface area (Å²) in [7, 11) is 1.42. The van der Waals surface area contributed by atoms with Gasteiger partial charge in [0.2, 0.25) is 5.91 Å². The van der Waals surface area contributed by atoms with Crippen molar-refractivity contribution in [3.05, 3.63) is 75.6 Å². The van der Waals surface area contributed by atoms with E-state index in [1.54, 1.807) is 6.07 Å². The topological polar surface area (TPSA) is 110 Å². The van der Waals surface area contributed by atoms with Gasteiger partial charge in [0.25, 0.3) is 5.69 Å². The smallest absolute Gasteiger partial charge is 0.296 e. The van der Waals surface area contributed by atoms with Crippen molar-refractivity contribution >= 4 is 29.0 Å². The molecule has 0 aliphatic carbocycles. The third-order valence-corrected chi connectivity index (χ3v) is 5.07. The largest absolute Gasteiger partial charge is 0.496 e. The first-order valence-electron chi connectivity index (χ1n) is 8.80. The number of rotatable bonds is 8. The predicted octanol–water partition coefficient (Wildman–Crippen LogP) is 3.96. The van der Waals surface area contributed by atoms with Crippen LogP contribution in [0.1, 0.15) is 17.0 Å². The number of nitrogens with one attached hydrogen (secondary N) is 2. The Kier molecular flexibility index (Phi) is 6.50. The fraction of sp³-hybridized carbons (Fsp3) is 0.200. The van der Waals surface area contributed by atoms with Crippen LogP contribution in [0.15, 0.2) is 53.7 Å². The molecule has 8 nitrogen and oxygen atoms in total. The lowest BCUT2D eigenvalue weighted by Crippen LogP contribution is -2.15. The van der Waals surface area contributed by atoms with Gasteiger partial charge in [0.15, 0.2) is 5.16 Å². The van der Waals surface area contributed by atoms with Crippen molar-refractivity contribution in [1.29, 1.82) is 0 Å². The number of methoxy groups -OCH3 is 1. The summed E-state index contributed by atoms with van der Waals surface area (Å²) in [5, 5.41) is 14.4. The lowest BCUT2D eigenvalue weighted by atomic mass is 10.1. The van der Waals surface area contributed by atoms with Crippen LogP contribution in [0.3, 0.4) is 0 Å². The van der Waals surface area contributed by atoms with Crippen molar-refractivity contribution < 1.29 is 14.5 Å². The number of ether oxygens (including phenoxy) is 1. The number of carbonyl (C=O) groups excluding carboxylic acids is 1. The molecule has 0 bridgehead atoms. The SMILES string of the molecule is COc1ccc(NC(=O)CSc2nc(Cc3ccccc3)c(C)[nH]2)c([N+](=O)[O-])c1. The van der Waals surface area contributed by atoms with E-state index in [0.717, 1.165) is 17.0 Å². The predicted molar refractivity (Wildman–Crippen MR) is 112 cm³/mol. The highest BCUT2D eigenvalue weighted by Crippen LogP contribution is 2.29. The number of carbonyl (C=O) groups is 1. The number of benzene rings is 2. The standard InChI is InChI=1S/C20H20N4O4S/c1-13-17(10-14-6-4-3-5-7-14)23-20(21-13)29-12-19(25)22-16-9-8-15(28-2)11-18(16)24(26)27/h3-9,11H,10,12H2,1-2H3,(H,21,23)(H,22,25). The summed E-state index contributed by atoms with van der Waals surface area (Å²) in [6.45, 7) is 1.94. The second-order valence-electron chi connectivity index (χ2n) is 6.25. The van der Waals surface area contributed by atoms with Gasteiger partial charge < -0.3 is 15.0 Å². The molecule has 150 valence electrons. The third kappa shape index (κ3) is 5.35. The van der Waals surface area contributed by atoms with Gasteiger partial charge in [-0.2, -0.15) is 0 Å². The summed E-state index contributed by atoms with van der Waals surface area (Å²) < 4.78 is 4.99. The summed E-state index contributed by atoms with van der Waals surface area (Å²) in [6.07, 6.45) is 0.702. The normalized spacial score (nSPS) is 10.6. The highest BCUT2D eigenvalue weighted by molar-refractivity contribution is 7.99. The number of aryl methyl sites for hydroxylation is 1. The molecule has 0 spiro atoms. The lowest BCUT2D eigenvalue weighted by molar-refractivity contribution is -0.384. The minimum atomic E-state index is -0.559. The number of hydrogen-bond acceptors (Lipinski definition) is 6. The third-order valence-electron chi connectivity index (χ3n) is 4.19. The Balaban J connectivity index is 1.61. The van der Waals surface area contributed by atoms with Crippen molar-refractivity contribution in [2.24, 2.45) is 0 Å². The monoisotopic (exact) mass is 412 g/mol. The second kappa shape index (κ2) is 9.24.